The van der Waals surface area contributed by atoms with Crippen molar-refractivity contribution in [2.45, 2.75) is 13.3 Å². The van der Waals surface area contributed by atoms with Gasteiger partial charge in [-0.3, -0.25) is 14.8 Å². The predicted octanol–water partition coefficient (Wildman–Crippen LogP) is 2.74. The van der Waals surface area contributed by atoms with Crippen molar-refractivity contribution in [3.63, 3.8) is 0 Å². The highest BCUT2D eigenvalue weighted by Gasteiger charge is 2.02. The molecule has 0 aliphatic carbocycles. The minimum Gasteiger partial charge on any atom is -0.492 e. The van der Waals surface area contributed by atoms with E-state index >= 15 is 0 Å². The van der Waals surface area contributed by atoms with Gasteiger partial charge in [0.05, 0.1) is 12.8 Å². The number of nitrogens with zero attached hydrogens (tertiary/aromatic N) is 2. The Labute approximate surface area is 106 Å². The van der Waals surface area contributed by atoms with Crippen LogP contribution in [0.2, 0.25) is 0 Å². The molecule has 2 rings (SSSR count). The Kier molecular flexibility index (Phi) is 4.02. The van der Waals surface area contributed by atoms with Gasteiger partial charge in [0.25, 0.3) is 0 Å². The molecule has 0 unspecified atom stereocenters. The molecule has 0 amide bonds. The zero-order valence-corrected chi connectivity index (χ0v) is 10.2. The number of rotatable bonds is 5. The molecule has 0 fully saturated rings. The molecular formula is C14H14N2O2. The molecule has 0 spiro atoms. The maximum atomic E-state index is 10.7. The average molecular weight is 242 g/mol. The third kappa shape index (κ3) is 2.91. The number of ether oxygens (including phenoxy) is 1. The molecular weight excluding hydrogens is 228 g/mol. The van der Waals surface area contributed by atoms with E-state index in [0.717, 1.165) is 29.6 Å². The van der Waals surface area contributed by atoms with E-state index in [-0.39, 0.29) is 0 Å². The molecule has 0 bridgehead atoms. The lowest BCUT2D eigenvalue weighted by atomic mass is 10.1. The topological polar surface area (TPSA) is 52.1 Å². The van der Waals surface area contributed by atoms with Gasteiger partial charge in [0.15, 0.2) is 6.29 Å². The minimum atomic E-state index is 0.548. The summed E-state index contributed by atoms with van der Waals surface area (Å²) in [6.07, 6.45) is 8.36. The van der Waals surface area contributed by atoms with Crippen LogP contribution in [0.3, 0.4) is 0 Å². The van der Waals surface area contributed by atoms with E-state index in [4.69, 9.17) is 4.74 Å². The summed E-state index contributed by atoms with van der Waals surface area (Å²) in [7, 11) is 0. The number of carbonyl (C=O) groups is 1. The number of hydrogen-bond donors (Lipinski definition) is 0. The van der Waals surface area contributed by atoms with E-state index in [1.165, 1.54) is 6.20 Å². The molecule has 2 aromatic heterocycles. The Bertz CT molecular complexity index is 541. The van der Waals surface area contributed by atoms with Crippen LogP contribution in [-0.4, -0.2) is 22.9 Å². The van der Waals surface area contributed by atoms with Crippen molar-refractivity contribution in [1.29, 1.82) is 0 Å². The van der Waals surface area contributed by atoms with Crippen LogP contribution >= 0.6 is 0 Å². The van der Waals surface area contributed by atoms with Crippen LogP contribution in [0, 0.1) is 0 Å². The summed E-state index contributed by atoms with van der Waals surface area (Å²) >= 11 is 0. The van der Waals surface area contributed by atoms with Crippen molar-refractivity contribution in [3.8, 4) is 16.9 Å². The van der Waals surface area contributed by atoms with E-state index in [0.29, 0.717) is 12.2 Å². The summed E-state index contributed by atoms with van der Waals surface area (Å²) in [4.78, 5) is 18.9. The summed E-state index contributed by atoms with van der Waals surface area (Å²) in [5.41, 5.74) is 2.29. The van der Waals surface area contributed by atoms with Crippen molar-refractivity contribution < 1.29 is 9.53 Å². The highest BCUT2D eigenvalue weighted by molar-refractivity contribution is 5.77. The quantitative estimate of drug-likeness (QED) is 0.756. The van der Waals surface area contributed by atoms with Crippen LogP contribution in [-0.2, 0) is 0 Å². The van der Waals surface area contributed by atoms with Crippen LogP contribution in [0.1, 0.15) is 23.7 Å². The monoisotopic (exact) mass is 242 g/mol. The number of carbonyl (C=O) groups excluding carboxylic acids is 1. The molecule has 2 aromatic rings. The molecule has 0 aromatic carbocycles. The van der Waals surface area contributed by atoms with Gasteiger partial charge in [0.2, 0.25) is 0 Å². The molecule has 0 radical (unpaired) electrons. The summed E-state index contributed by atoms with van der Waals surface area (Å²) in [5, 5.41) is 0. The van der Waals surface area contributed by atoms with Gasteiger partial charge in [-0.2, -0.15) is 0 Å². The zero-order valence-electron chi connectivity index (χ0n) is 10.2. The van der Waals surface area contributed by atoms with E-state index < -0.39 is 0 Å². The van der Waals surface area contributed by atoms with E-state index in [1.807, 2.05) is 6.07 Å². The Morgan fingerprint density at radius 1 is 1.11 bits per heavy atom. The smallest absolute Gasteiger partial charge is 0.151 e. The SMILES string of the molecule is CCCOc1cncc(-c2cncc(C=O)c2)c1. The maximum absolute atomic E-state index is 10.7. The highest BCUT2D eigenvalue weighted by atomic mass is 16.5. The summed E-state index contributed by atoms with van der Waals surface area (Å²) in [6, 6.07) is 3.68. The second-order valence-corrected chi connectivity index (χ2v) is 3.88. The lowest BCUT2D eigenvalue weighted by Gasteiger charge is -2.06. The van der Waals surface area contributed by atoms with Crippen LogP contribution in [0.15, 0.2) is 36.9 Å². The van der Waals surface area contributed by atoms with Gasteiger partial charge in [-0.1, -0.05) is 6.92 Å². The van der Waals surface area contributed by atoms with Crippen molar-refractivity contribution in [2.75, 3.05) is 6.61 Å². The molecule has 4 nitrogen and oxygen atoms in total. The molecule has 2 heterocycles. The Hall–Kier alpha value is -2.23. The number of aldehydes is 1. The molecule has 18 heavy (non-hydrogen) atoms. The van der Waals surface area contributed by atoms with Crippen LogP contribution in [0.25, 0.3) is 11.1 Å². The molecule has 0 atom stereocenters. The van der Waals surface area contributed by atoms with Crippen molar-refractivity contribution in [3.05, 3.63) is 42.5 Å². The van der Waals surface area contributed by atoms with Gasteiger partial charge in [-0.15, -0.1) is 0 Å². The van der Waals surface area contributed by atoms with Gasteiger partial charge >= 0.3 is 0 Å². The van der Waals surface area contributed by atoms with E-state index in [2.05, 4.69) is 16.9 Å². The Morgan fingerprint density at radius 2 is 1.83 bits per heavy atom. The Balaban J connectivity index is 2.29. The second kappa shape index (κ2) is 5.91. The molecule has 0 saturated carbocycles. The fourth-order valence-corrected chi connectivity index (χ4v) is 1.56. The number of aromatic nitrogens is 2. The molecule has 0 N–H and O–H groups in total. The van der Waals surface area contributed by atoms with E-state index in [1.54, 1.807) is 24.7 Å². The minimum absolute atomic E-state index is 0.548. The second-order valence-electron chi connectivity index (χ2n) is 3.88. The third-order valence-electron chi connectivity index (χ3n) is 2.41. The fraction of sp³-hybridized carbons (Fsp3) is 0.214. The lowest BCUT2D eigenvalue weighted by Crippen LogP contribution is -1.96. The van der Waals surface area contributed by atoms with Crippen molar-refractivity contribution >= 4 is 6.29 Å². The highest BCUT2D eigenvalue weighted by Crippen LogP contribution is 2.22. The standard InChI is InChI=1S/C14H14N2O2/c1-2-3-18-14-5-13(8-16-9-14)12-4-11(10-17)6-15-7-12/h4-10H,2-3H2,1H3. The first-order valence-electron chi connectivity index (χ1n) is 5.82. The van der Waals surface area contributed by atoms with Gasteiger partial charge in [-0.05, 0) is 18.6 Å². The van der Waals surface area contributed by atoms with Gasteiger partial charge < -0.3 is 4.74 Å². The largest absolute Gasteiger partial charge is 0.492 e. The molecule has 4 heteroatoms. The van der Waals surface area contributed by atoms with Crippen molar-refractivity contribution in [1.82, 2.24) is 9.97 Å². The van der Waals surface area contributed by atoms with Crippen molar-refractivity contribution in [2.24, 2.45) is 0 Å². The molecule has 0 aliphatic heterocycles. The third-order valence-corrected chi connectivity index (χ3v) is 2.41. The molecule has 0 aliphatic rings. The normalized spacial score (nSPS) is 10.1. The van der Waals surface area contributed by atoms with Crippen LogP contribution in [0.5, 0.6) is 5.75 Å². The molecule has 92 valence electrons. The first-order valence-corrected chi connectivity index (χ1v) is 5.82. The zero-order chi connectivity index (χ0) is 12.8. The maximum Gasteiger partial charge on any atom is 0.151 e. The Morgan fingerprint density at radius 3 is 2.56 bits per heavy atom. The predicted molar refractivity (Wildman–Crippen MR) is 68.6 cm³/mol. The first kappa shape index (κ1) is 12.2. The average Bonchev–Trinajstić information content (AvgIpc) is 2.45. The van der Waals surface area contributed by atoms with Gasteiger partial charge in [0, 0.05) is 35.3 Å². The summed E-state index contributed by atoms with van der Waals surface area (Å²) in [5.74, 6) is 0.728. The number of pyridine rings is 2. The molecule has 0 saturated heterocycles. The van der Waals surface area contributed by atoms with E-state index in [9.17, 15) is 4.79 Å². The number of hydrogen-bond acceptors (Lipinski definition) is 4. The van der Waals surface area contributed by atoms with Crippen LogP contribution < -0.4 is 4.74 Å². The van der Waals surface area contributed by atoms with Crippen LogP contribution in [0.4, 0.5) is 0 Å². The van der Waals surface area contributed by atoms with Gasteiger partial charge in [0.1, 0.15) is 5.75 Å². The lowest BCUT2D eigenvalue weighted by molar-refractivity contribution is 0.112. The summed E-state index contributed by atoms with van der Waals surface area (Å²) in [6.45, 7) is 2.71. The first-order chi connectivity index (χ1) is 8.83. The van der Waals surface area contributed by atoms with Gasteiger partial charge in [-0.25, -0.2) is 0 Å². The fourth-order valence-electron chi connectivity index (χ4n) is 1.56. The summed E-state index contributed by atoms with van der Waals surface area (Å²) < 4.78 is 5.52.